The van der Waals surface area contributed by atoms with Gasteiger partial charge in [0, 0.05) is 35.9 Å². The minimum Gasteiger partial charge on any atom is -0.336 e. The maximum atomic E-state index is 12.4. The van der Waals surface area contributed by atoms with E-state index in [1.165, 1.54) is 16.9 Å². The first kappa shape index (κ1) is 21.0. The third-order valence-electron chi connectivity index (χ3n) is 4.82. The Bertz CT molecular complexity index is 880. The van der Waals surface area contributed by atoms with Gasteiger partial charge < -0.3 is 5.32 Å². The van der Waals surface area contributed by atoms with Crippen LogP contribution < -0.4 is 10.6 Å². The van der Waals surface area contributed by atoms with Crippen molar-refractivity contribution in [2.75, 3.05) is 25.0 Å². The Morgan fingerprint density at radius 3 is 2.62 bits per heavy atom. The zero-order valence-corrected chi connectivity index (χ0v) is 17.7. The van der Waals surface area contributed by atoms with Gasteiger partial charge in [0.25, 0.3) is 0 Å². The molecule has 1 aromatic carbocycles. The lowest BCUT2D eigenvalue weighted by Crippen LogP contribution is -2.46. The molecule has 0 saturated carbocycles. The molecule has 2 heterocycles. The van der Waals surface area contributed by atoms with E-state index in [2.05, 4.69) is 63.6 Å². The predicted octanol–water partition coefficient (Wildman–Crippen LogP) is 4.28. The number of hydrogen-bond acceptors (Lipinski definition) is 5. The molecule has 0 bridgehead atoms. The highest BCUT2D eigenvalue weighted by atomic mass is 32.1. The molecule has 2 aromatic heterocycles. The Kier molecular flexibility index (Phi) is 7.72. The zero-order valence-electron chi connectivity index (χ0n) is 16.8. The molecular weight excluding hydrogens is 382 g/mol. The van der Waals surface area contributed by atoms with Crippen LogP contribution >= 0.6 is 11.3 Å². The number of amides is 2. The highest BCUT2D eigenvalue weighted by Crippen LogP contribution is 2.23. The van der Waals surface area contributed by atoms with E-state index in [1.54, 1.807) is 12.4 Å². The summed E-state index contributed by atoms with van der Waals surface area (Å²) in [7, 11) is 0. The summed E-state index contributed by atoms with van der Waals surface area (Å²) in [4.78, 5) is 23.4. The Hall–Kier alpha value is -2.77. The van der Waals surface area contributed by atoms with Crippen LogP contribution in [0.5, 0.6) is 0 Å². The van der Waals surface area contributed by atoms with E-state index < -0.39 is 0 Å². The maximum absolute atomic E-state index is 12.4. The number of carbonyl (C=O) groups excluding carboxylic acids is 1. The summed E-state index contributed by atoms with van der Waals surface area (Å²) in [5.74, 6) is 0. The summed E-state index contributed by atoms with van der Waals surface area (Å²) in [6.07, 6.45) is 4.38. The number of anilines is 1. The average molecular weight is 410 g/mol. The highest BCUT2D eigenvalue weighted by molar-refractivity contribution is 7.14. The van der Waals surface area contributed by atoms with Gasteiger partial charge in [0.05, 0.1) is 5.69 Å². The van der Waals surface area contributed by atoms with Crippen LogP contribution in [0.2, 0.25) is 0 Å². The summed E-state index contributed by atoms with van der Waals surface area (Å²) in [6, 6.07) is 14.2. The molecule has 0 spiro atoms. The molecule has 0 aliphatic heterocycles. The van der Waals surface area contributed by atoms with Gasteiger partial charge in [0.15, 0.2) is 5.13 Å². The molecule has 2 amide bonds. The van der Waals surface area contributed by atoms with Gasteiger partial charge in [-0.3, -0.25) is 15.2 Å². The fourth-order valence-electron chi connectivity index (χ4n) is 3.29. The van der Waals surface area contributed by atoms with Crippen LogP contribution in [0.4, 0.5) is 9.93 Å². The quantitative estimate of drug-likeness (QED) is 0.553. The van der Waals surface area contributed by atoms with Crippen LogP contribution in [0.1, 0.15) is 19.4 Å². The van der Waals surface area contributed by atoms with Crippen molar-refractivity contribution in [1.82, 2.24) is 20.2 Å². The molecular formula is C22H27N5OS. The van der Waals surface area contributed by atoms with Gasteiger partial charge in [0.2, 0.25) is 0 Å². The monoisotopic (exact) mass is 409 g/mol. The fraction of sp³-hybridized carbons (Fsp3) is 0.318. The van der Waals surface area contributed by atoms with Gasteiger partial charge in [0.1, 0.15) is 0 Å². The lowest BCUT2D eigenvalue weighted by Gasteiger charge is -2.30. The van der Waals surface area contributed by atoms with E-state index in [0.717, 1.165) is 30.8 Å². The first-order chi connectivity index (χ1) is 14.2. The SMILES string of the molecule is CCN(CC)C(CNC(=O)Nc1nc(-c2cccnc2)cs1)Cc1ccccc1. The number of rotatable bonds is 9. The van der Waals surface area contributed by atoms with Gasteiger partial charge in [-0.1, -0.05) is 44.2 Å². The molecule has 0 fully saturated rings. The summed E-state index contributed by atoms with van der Waals surface area (Å²) in [6.45, 7) is 6.76. The standard InChI is InChI=1S/C22H27N5OS/c1-3-27(4-2)19(13-17-9-6-5-7-10-17)15-24-21(28)26-22-25-20(16-29-22)18-11-8-12-23-14-18/h5-12,14,16,19H,3-4,13,15H2,1-2H3,(H2,24,25,26,28). The van der Waals surface area contributed by atoms with Crippen molar-refractivity contribution in [2.24, 2.45) is 0 Å². The van der Waals surface area contributed by atoms with Gasteiger partial charge in [-0.25, -0.2) is 9.78 Å². The van der Waals surface area contributed by atoms with Crippen molar-refractivity contribution in [3.63, 3.8) is 0 Å². The molecule has 29 heavy (non-hydrogen) atoms. The number of pyridine rings is 1. The second-order valence-corrected chi connectivity index (χ2v) is 7.54. The zero-order chi connectivity index (χ0) is 20.5. The highest BCUT2D eigenvalue weighted by Gasteiger charge is 2.18. The number of thiazole rings is 1. The molecule has 6 nitrogen and oxygen atoms in total. The summed E-state index contributed by atoms with van der Waals surface area (Å²) >= 11 is 1.40. The van der Waals surface area contributed by atoms with Crippen molar-refractivity contribution >= 4 is 22.5 Å². The Labute approximate surface area is 176 Å². The van der Waals surface area contributed by atoms with Crippen LogP contribution in [0.3, 0.4) is 0 Å². The molecule has 0 aliphatic carbocycles. The van der Waals surface area contributed by atoms with Crippen molar-refractivity contribution in [2.45, 2.75) is 26.3 Å². The number of benzene rings is 1. The van der Waals surface area contributed by atoms with E-state index in [-0.39, 0.29) is 12.1 Å². The van der Waals surface area contributed by atoms with Gasteiger partial charge in [-0.15, -0.1) is 11.3 Å². The van der Waals surface area contributed by atoms with Crippen molar-refractivity contribution in [3.8, 4) is 11.3 Å². The maximum Gasteiger partial charge on any atom is 0.321 e. The van der Waals surface area contributed by atoms with E-state index >= 15 is 0 Å². The number of nitrogens with zero attached hydrogens (tertiary/aromatic N) is 3. The van der Waals surface area contributed by atoms with Crippen molar-refractivity contribution in [1.29, 1.82) is 0 Å². The topological polar surface area (TPSA) is 70.2 Å². The van der Waals surface area contributed by atoms with E-state index in [9.17, 15) is 4.79 Å². The molecule has 1 atom stereocenters. The second-order valence-electron chi connectivity index (χ2n) is 6.68. The number of nitrogens with one attached hydrogen (secondary N) is 2. The Balaban J connectivity index is 1.57. The van der Waals surface area contributed by atoms with Crippen LogP contribution in [-0.4, -0.2) is 46.6 Å². The minimum absolute atomic E-state index is 0.234. The normalized spacial score (nSPS) is 12.0. The molecule has 0 saturated heterocycles. The third-order valence-corrected chi connectivity index (χ3v) is 5.58. The fourth-order valence-corrected chi connectivity index (χ4v) is 4.00. The van der Waals surface area contributed by atoms with Crippen LogP contribution in [0.15, 0.2) is 60.2 Å². The van der Waals surface area contributed by atoms with Crippen LogP contribution in [0.25, 0.3) is 11.3 Å². The van der Waals surface area contributed by atoms with E-state index in [1.807, 2.05) is 23.6 Å². The van der Waals surface area contributed by atoms with Crippen molar-refractivity contribution in [3.05, 3.63) is 65.8 Å². The van der Waals surface area contributed by atoms with Crippen molar-refractivity contribution < 1.29 is 4.79 Å². The van der Waals surface area contributed by atoms with Crippen LogP contribution in [0, 0.1) is 0 Å². The predicted molar refractivity (Wildman–Crippen MR) is 119 cm³/mol. The Morgan fingerprint density at radius 2 is 1.93 bits per heavy atom. The molecule has 0 aliphatic rings. The van der Waals surface area contributed by atoms with Crippen LogP contribution in [-0.2, 0) is 6.42 Å². The Morgan fingerprint density at radius 1 is 1.14 bits per heavy atom. The molecule has 3 aromatic rings. The van der Waals surface area contributed by atoms with Gasteiger partial charge in [-0.2, -0.15) is 0 Å². The summed E-state index contributed by atoms with van der Waals surface area (Å²) in [5.41, 5.74) is 3.01. The average Bonchev–Trinajstić information content (AvgIpc) is 3.22. The smallest absolute Gasteiger partial charge is 0.321 e. The van der Waals surface area contributed by atoms with E-state index in [0.29, 0.717) is 11.7 Å². The lowest BCUT2D eigenvalue weighted by atomic mass is 10.0. The van der Waals surface area contributed by atoms with Gasteiger partial charge >= 0.3 is 6.03 Å². The molecule has 0 radical (unpaired) electrons. The number of urea groups is 1. The molecule has 7 heteroatoms. The number of aromatic nitrogens is 2. The third kappa shape index (κ3) is 6.10. The van der Waals surface area contributed by atoms with Gasteiger partial charge in [-0.05, 0) is 37.2 Å². The first-order valence-corrected chi connectivity index (χ1v) is 10.8. The summed E-state index contributed by atoms with van der Waals surface area (Å²) < 4.78 is 0. The minimum atomic E-state index is -0.234. The number of hydrogen-bond donors (Lipinski definition) is 2. The number of carbonyl (C=O) groups is 1. The largest absolute Gasteiger partial charge is 0.336 e. The van der Waals surface area contributed by atoms with E-state index in [4.69, 9.17) is 0 Å². The second kappa shape index (κ2) is 10.7. The number of likely N-dealkylation sites (N-methyl/N-ethyl adjacent to an activating group) is 1. The summed E-state index contributed by atoms with van der Waals surface area (Å²) in [5, 5.41) is 8.35. The molecule has 2 N–H and O–H groups in total. The lowest BCUT2D eigenvalue weighted by molar-refractivity contribution is 0.207. The molecule has 3 rings (SSSR count). The first-order valence-electron chi connectivity index (χ1n) is 9.88. The molecule has 152 valence electrons. The molecule has 1 unspecified atom stereocenters.